The molecule has 0 bridgehead atoms. The topological polar surface area (TPSA) is 66.5 Å². The van der Waals surface area contributed by atoms with Gasteiger partial charge in [-0.15, -0.1) is 0 Å². The molecule has 1 unspecified atom stereocenters. The van der Waals surface area contributed by atoms with Crippen molar-refractivity contribution in [3.63, 3.8) is 0 Å². The number of anilines is 1. The summed E-state index contributed by atoms with van der Waals surface area (Å²) in [5.74, 6) is -0.801. The Kier molecular flexibility index (Phi) is 6.42. The molecule has 1 aliphatic heterocycles. The van der Waals surface area contributed by atoms with Crippen molar-refractivity contribution >= 4 is 56.4 Å². The number of nitrogens with zero attached hydrogens (tertiary/aromatic N) is 1. The summed E-state index contributed by atoms with van der Waals surface area (Å²) in [6, 6.07) is 5.89. The number of piperidine rings is 1. The standard InChI is InChI=1S/C15H19Cl3N2O3S/c1-2-12-5-3-4-10-20(12)24(22,23)13-8-6-11(7-9-13)19-14(21)15(16,17)18/h6-9,12H,2-5,10H2,1H3,(H,19,21). The fraction of sp³-hybridized carbons (Fsp3) is 0.533. The van der Waals surface area contributed by atoms with E-state index >= 15 is 0 Å². The minimum absolute atomic E-state index is 0.0347. The van der Waals surface area contributed by atoms with Crippen LogP contribution in [0, 0.1) is 0 Å². The summed E-state index contributed by atoms with van der Waals surface area (Å²) in [6.07, 6.45) is 3.59. The number of nitrogens with one attached hydrogen (secondary N) is 1. The fourth-order valence-corrected chi connectivity index (χ4v) is 4.65. The summed E-state index contributed by atoms with van der Waals surface area (Å²) >= 11 is 16.5. The number of hydrogen-bond acceptors (Lipinski definition) is 3. The van der Waals surface area contributed by atoms with Crippen molar-refractivity contribution in [3.05, 3.63) is 24.3 Å². The van der Waals surface area contributed by atoms with Crippen molar-refractivity contribution in [2.75, 3.05) is 11.9 Å². The lowest BCUT2D eigenvalue weighted by atomic mass is 10.0. The van der Waals surface area contributed by atoms with Gasteiger partial charge in [-0.3, -0.25) is 4.79 Å². The highest BCUT2D eigenvalue weighted by atomic mass is 35.6. The molecule has 0 aromatic heterocycles. The van der Waals surface area contributed by atoms with Crippen molar-refractivity contribution in [2.45, 2.75) is 47.3 Å². The average Bonchev–Trinajstić information content (AvgIpc) is 2.54. The Morgan fingerprint density at radius 1 is 1.25 bits per heavy atom. The van der Waals surface area contributed by atoms with E-state index in [1.807, 2.05) is 6.92 Å². The van der Waals surface area contributed by atoms with Crippen molar-refractivity contribution in [1.82, 2.24) is 4.31 Å². The van der Waals surface area contributed by atoms with Crippen LogP contribution in [0.3, 0.4) is 0 Å². The van der Waals surface area contributed by atoms with Gasteiger partial charge in [-0.1, -0.05) is 48.1 Å². The summed E-state index contributed by atoms with van der Waals surface area (Å²) in [6.45, 7) is 2.53. The number of sulfonamides is 1. The number of amides is 1. The van der Waals surface area contributed by atoms with E-state index in [0.29, 0.717) is 12.2 Å². The molecule has 1 saturated heterocycles. The summed E-state index contributed by atoms with van der Waals surface area (Å²) in [4.78, 5) is 11.8. The molecule has 2 rings (SSSR count). The second-order valence-electron chi connectivity index (χ2n) is 5.65. The van der Waals surface area contributed by atoms with Crippen molar-refractivity contribution in [1.29, 1.82) is 0 Å². The van der Waals surface area contributed by atoms with E-state index in [4.69, 9.17) is 34.8 Å². The zero-order valence-electron chi connectivity index (χ0n) is 13.1. The maximum Gasteiger partial charge on any atom is 0.276 e. The Hall–Kier alpha value is -0.530. The highest BCUT2D eigenvalue weighted by Crippen LogP contribution is 2.29. The third-order valence-corrected chi connectivity index (χ3v) is 6.50. The number of halogens is 3. The van der Waals surface area contributed by atoms with Gasteiger partial charge >= 0.3 is 0 Å². The van der Waals surface area contributed by atoms with Crippen molar-refractivity contribution < 1.29 is 13.2 Å². The maximum atomic E-state index is 12.8. The van der Waals surface area contributed by atoms with Gasteiger partial charge in [0.25, 0.3) is 9.70 Å². The van der Waals surface area contributed by atoms with Crippen molar-refractivity contribution in [3.8, 4) is 0 Å². The van der Waals surface area contributed by atoms with Gasteiger partial charge < -0.3 is 5.32 Å². The van der Waals surface area contributed by atoms with Gasteiger partial charge in [-0.25, -0.2) is 8.42 Å². The third-order valence-electron chi connectivity index (χ3n) is 4.02. The number of hydrogen-bond donors (Lipinski definition) is 1. The Balaban J connectivity index is 2.18. The zero-order valence-corrected chi connectivity index (χ0v) is 16.2. The van der Waals surface area contributed by atoms with Gasteiger partial charge in [-0.2, -0.15) is 4.31 Å². The van der Waals surface area contributed by atoms with E-state index in [2.05, 4.69) is 5.32 Å². The molecule has 5 nitrogen and oxygen atoms in total. The highest BCUT2D eigenvalue weighted by Gasteiger charge is 2.33. The predicted molar refractivity (Wildman–Crippen MR) is 97.2 cm³/mol. The first-order valence-corrected chi connectivity index (χ1v) is 10.2. The Morgan fingerprint density at radius 3 is 2.42 bits per heavy atom. The molecule has 1 aromatic carbocycles. The number of benzene rings is 1. The molecule has 0 saturated carbocycles. The molecule has 0 radical (unpaired) electrons. The van der Waals surface area contributed by atoms with Crippen molar-refractivity contribution in [2.24, 2.45) is 0 Å². The first kappa shape index (κ1) is 19.8. The molecule has 134 valence electrons. The molecule has 1 heterocycles. The van der Waals surface area contributed by atoms with Crippen LogP contribution in [-0.2, 0) is 14.8 Å². The Morgan fingerprint density at radius 2 is 1.88 bits per heavy atom. The van der Waals surface area contributed by atoms with Gasteiger partial charge in [0.1, 0.15) is 0 Å². The minimum Gasteiger partial charge on any atom is -0.322 e. The smallest absolute Gasteiger partial charge is 0.276 e. The largest absolute Gasteiger partial charge is 0.322 e. The lowest BCUT2D eigenvalue weighted by Gasteiger charge is -2.34. The quantitative estimate of drug-likeness (QED) is 0.760. The number of carbonyl (C=O) groups excluding carboxylic acids is 1. The molecule has 1 amide bonds. The molecule has 24 heavy (non-hydrogen) atoms. The van der Waals surface area contributed by atoms with Crippen LogP contribution in [0.4, 0.5) is 5.69 Å². The summed E-state index contributed by atoms with van der Waals surface area (Å²) in [7, 11) is -3.55. The van der Waals surface area contributed by atoms with E-state index in [-0.39, 0.29) is 10.9 Å². The number of alkyl halides is 3. The second-order valence-corrected chi connectivity index (χ2v) is 9.82. The molecule has 1 fully saturated rings. The van der Waals surface area contributed by atoms with Crippen LogP contribution >= 0.6 is 34.8 Å². The number of rotatable bonds is 4. The van der Waals surface area contributed by atoms with Gasteiger partial charge in [0.15, 0.2) is 0 Å². The van der Waals surface area contributed by atoms with E-state index in [9.17, 15) is 13.2 Å². The first-order valence-electron chi connectivity index (χ1n) is 7.66. The average molecular weight is 414 g/mol. The number of carbonyl (C=O) groups is 1. The van der Waals surface area contributed by atoms with Gasteiger partial charge in [0.05, 0.1) is 4.90 Å². The van der Waals surface area contributed by atoms with E-state index in [1.165, 1.54) is 24.3 Å². The summed E-state index contributed by atoms with van der Waals surface area (Å²) in [5.41, 5.74) is 0.357. The van der Waals surface area contributed by atoms with Crippen LogP contribution < -0.4 is 5.32 Å². The summed E-state index contributed by atoms with van der Waals surface area (Å²) in [5, 5.41) is 2.42. The zero-order chi connectivity index (χ0) is 18.0. The molecule has 1 aliphatic rings. The molecular formula is C15H19Cl3N2O3S. The highest BCUT2D eigenvalue weighted by molar-refractivity contribution is 7.89. The second kappa shape index (κ2) is 7.79. The van der Waals surface area contributed by atoms with Crippen LogP contribution in [0.2, 0.25) is 0 Å². The van der Waals surface area contributed by atoms with E-state index in [0.717, 1.165) is 25.7 Å². The molecule has 0 aliphatic carbocycles. The predicted octanol–water partition coefficient (Wildman–Crippen LogP) is 3.95. The third kappa shape index (κ3) is 4.55. The fourth-order valence-electron chi connectivity index (χ4n) is 2.75. The molecule has 0 spiro atoms. The molecule has 1 N–H and O–H groups in total. The minimum atomic E-state index is -3.55. The monoisotopic (exact) mass is 412 g/mol. The van der Waals surface area contributed by atoms with Crippen LogP contribution in [-0.4, -0.2) is 35.0 Å². The van der Waals surface area contributed by atoms with Crippen LogP contribution in [0.5, 0.6) is 0 Å². The van der Waals surface area contributed by atoms with Crippen LogP contribution in [0.1, 0.15) is 32.6 Å². The van der Waals surface area contributed by atoms with Crippen LogP contribution in [0.25, 0.3) is 0 Å². The molecule has 9 heteroatoms. The van der Waals surface area contributed by atoms with Crippen LogP contribution in [0.15, 0.2) is 29.2 Å². The molecular weight excluding hydrogens is 395 g/mol. The molecule has 1 atom stereocenters. The maximum absolute atomic E-state index is 12.8. The van der Waals surface area contributed by atoms with Gasteiger partial charge in [0, 0.05) is 18.3 Å². The first-order chi connectivity index (χ1) is 11.2. The van der Waals surface area contributed by atoms with Gasteiger partial charge in [0.2, 0.25) is 10.0 Å². The van der Waals surface area contributed by atoms with E-state index in [1.54, 1.807) is 4.31 Å². The lowest BCUT2D eigenvalue weighted by molar-refractivity contribution is -0.115. The lowest BCUT2D eigenvalue weighted by Crippen LogP contribution is -2.43. The van der Waals surface area contributed by atoms with Gasteiger partial charge in [-0.05, 0) is 43.5 Å². The Labute approximate surface area is 157 Å². The normalized spacial score (nSPS) is 19.9. The summed E-state index contributed by atoms with van der Waals surface area (Å²) < 4.78 is 25.1. The molecule has 1 aromatic rings. The Bertz CT molecular complexity index is 687. The SMILES string of the molecule is CCC1CCCCN1S(=O)(=O)c1ccc(NC(=O)C(Cl)(Cl)Cl)cc1. The van der Waals surface area contributed by atoms with E-state index < -0.39 is 19.7 Å².